The Bertz CT molecular complexity index is 858. The summed E-state index contributed by atoms with van der Waals surface area (Å²) in [6, 6.07) is 12.4. The van der Waals surface area contributed by atoms with Gasteiger partial charge in [-0.2, -0.15) is 0 Å². The lowest BCUT2D eigenvalue weighted by molar-refractivity contribution is -0.114. The molecule has 0 saturated heterocycles. The number of hydrogen-bond donors (Lipinski definition) is 1. The van der Waals surface area contributed by atoms with Crippen molar-refractivity contribution < 1.29 is 17.9 Å². The first-order valence-corrected chi connectivity index (χ1v) is 9.55. The Morgan fingerprint density at radius 3 is 2.28 bits per heavy atom. The highest BCUT2D eigenvalue weighted by atomic mass is 32.2. The van der Waals surface area contributed by atoms with E-state index in [2.05, 4.69) is 5.32 Å². The monoisotopic (exact) mass is 362 g/mol. The molecule has 0 aliphatic heterocycles. The Hall–Kier alpha value is -2.54. The second kappa shape index (κ2) is 7.57. The van der Waals surface area contributed by atoms with Crippen LogP contribution in [0.1, 0.15) is 11.1 Å². The van der Waals surface area contributed by atoms with Crippen LogP contribution in [0.5, 0.6) is 5.75 Å². The third-order valence-corrected chi connectivity index (χ3v) is 4.84. The number of benzene rings is 2. The Labute approximate surface area is 148 Å². The van der Waals surface area contributed by atoms with Crippen molar-refractivity contribution in [3.63, 3.8) is 0 Å². The normalized spacial score (nSPS) is 11.0. The highest BCUT2D eigenvalue weighted by molar-refractivity contribution is 7.92. The fourth-order valence-electron chi connectivity index (χ4n) is 2.59. The van der Waals surface area contributed by atoms with Crippen LogP contribution in [0.2, 0.25) is 0 Å². The first kappa shape index (κ1) is 18.8. The zero-order valence-electron chi connectivity index (χ0n) is 14.7. The molecule has 1 N–H and O–H groups in total. The SMILES string of the molecule is COc1cccc(NC(=O)CN(c2c(C)cccc2C)S(C)(=O)=O)c1. The number of methoxy groups -OCH3 is 1. The topological polar surface area (TPSA) is 75.7 Å². The molecule has 2 rings (SSSR count). The Morgan fingerprint density at radius 1 is 1.12 bits per heavy atom. The van der Waals surface area contributed by atoms with E-state index in [-0.39, 0.29) is 6.54 Å². The zero-order chi connectivity index (χ0) is 18.6. The van der Waals surface area contributed by atoms with E-state index in [4.69, 9.17) is 4.74 Å². The Kier molecular flexibility index (Phi) is 5.69. The lowest BCUT2D eigenvalue weighted by Gasteiger charge is -2.25. The molecule has 0 bridgehead atoms. The second-order valence-corrected chi connectivity index (χ2v) is 7.70. The summed E-state index contributed by atoms with van der Waals surface area (Å²) >= 11 is 0. The molecule has 0 saturated carbocycles. The van der Waals surface area contributed by atoms with Gasteiger partial charge in [-0.15, -0.1) is 0 Å². The highest BCUT2D eigenvalue weighted by Gasteiger charge is 2.23. The van der Waals surface area contributed by atoms with E-state index in [9.17, 15) is 13.2 Å². The number of ether oxygens (including phenoxy) is 1. The molecule has 0 aliphatic rings. The summed E-state index contributed by atoms with van der Waals surface area (Å²) in [4.78, 5) is 12.4. The Balaban J connectivity index is 2.27. The van der Waals surface area contributed by atoms with E-state index in [0.29, 0.717) is 17.1 Å². The molecule has 0 spiro atoms. The zero-order valence-corrected chi connectivity index (χ0v) is 15.6. The first-order valence-electron chi connectivity index (χ1n) is 7.70. The van der Waals surface area contributed by atoms with Crippen LogP contribution in [0.4, 0.5) is 11.4 Å². The molecule has 1 amide bonds. The summed E-state index contributed by atoms with van der Waals surface area (Å²) in [6.45, 7) is 3.34. The van der Waals surface area contributed by atoms with Crippen LogP contribution < -0.4 is 14.4 Å². The molecule has 0 aromatic heterocycles. The number of anilines is 2. The molecular weight excluding hydrogens is 340 g/mol. The van der Waals surface area contributed by atoms with Crippen molar-refractivity contribution in [1.29, 1.82) is 0 Å². The highest BCUT2D eigenvalue weighted by Crippen LogP contribution is 2.26. The van der Waals surface area contributed by atoms with Gasteiger partial charge in [0.25, 0.3) is 0 Å². The molecule has 0 unspecified atom stereocenters. The van der Waals surface area contributed by atoms with Gasteiger partial charge in [0.15, 0.2) is 0 Å². The number of aryl methyl sites for hydroxylation is 2. The van der Waals surface area contributed by atoms with Crippen LogP contribution in [0.15, 0.2) is 42.5 Å². The van der Waals surface area contributed by atoms with E-state index < -0.39 is 15.9 Å². The van der Waals surface area contributed by atoms with Crippen molar-refractivity contribution >= 4 is 27.3 Å². The lowest BCUT2D eigenvalue weighted by atomic mass is 10.1. The maximum atomic E-state index is 12.4. The largest absolute Gasteiger partial charge is 0.497 e. The summed E-state index contributed by atoms with van der Waals surface area (Å²) in [6.07, 6.45) is 1.09. The van der Waals surface area contributed by atoms with Crippen molar-refractivity contribution in [3.8, 4) is 5.75 Å². The maximum absolute atomic E-state index is 12.4. The van der Waals surface area contributed by atoms with Crippen LogP contribution >= 0.6 is 0 Å². The number of carbonyl (C=O) groups is 1. The number of nitrogens with one attached hydrogen (secondary N) is 1. The third-order valence-electron chi connectivity index (χ3n) is 3.73. The van der Waals surface area contributed by atoms with E-state index in [1.807, 2.05) is 32.0 Å². The molecule has 0 fully saturated rings. The number of amides is 1. The molecule has 0 heterocycles. The predicted molar refractivity (Wildman–Crippen MR) is 99.7 cm³/mol. The lowest BCUT2D eigenvalue weighted by Crippen LogP contribution is -2.38. The first-order chi connectivity index (χ1) is 11.7. The Morgan fingerprint density at radius 2 is 1.72 bits per heavy atom. The summed E-state index contributed by atoms with van der Waals surface area (Å²) < 4.78 is 30.7. The average Bonchev–Trinajstić information content (AvgIpc) is 2.53. The number of hydrogen-bond acceptors (Lipinski definition) is 4. The minimum absolute atomic E-state index is 0.304. The van der Waals surface area contributed by atoms with Crippen molar-refractivity contribution in [2.24, 2.45) is 0 Å². The number of nitrogens with zero attached hydrogens (tertiary/aromatic N) is 1. The number of sulfonamides is 1. The summed E-state index contributed by atoms with van der Waals surface area (Å²) in [5.74, 6) is 0.175. The number of carbonyl (C=O) groups excluding carboxylic acids is 1. The van der Waals surface area contributed by atoms with Crippen LogP contribution in [0, 0.1) is 13.8 Å². The quantitative estimate of drug-likeness (QED) is 0.857. The van der Waals surface area contributed by atoms with E-state index in [1.54, 1.807) is 24.3 Å². The van der Waals surface area contributed by atoms with Gasteiger partial charge < -0.3 is 10.1 Å². The summed E-state index contributed by atoms with van der Waals surface area (Å²) in [5, 5.41) is 2.70. The molecule has 2 aromatic carbocycles. The molecule has 0 radical (unpaired) electrons. The summed E-state index contributed by atoms with van der Waals surface area (Å²) in [5.41, 5.74) is 2.66. The van der Waals surface area contributed by atoms with Gasteiger partial charge >= 0.3 is 0 Å². The molecule has 2 aromatic rings. The molecule has 0 atom stereocenters. The molecule has 25 heavy (non-hydrogen) atoms. The molecular formula is C18H22N2O4S. The number of para-hydroxylation sites is 1. The van der Waals surface area contributed by atoms with Crippen molar-refractivity contribution in [1.82, 2.24) is 0 Å². The van der Waals surface area contributed by atoms with Crippen LogP contribution in [0.3, 0.4) is 0 Å². The van der Waals surface area contributed by atoms with E-state index in [0.717, 1.165) is 21.7 Å². The van der Waals surface area contributed by atoms with Gasteiger partial charge in [0.1, 0.15) is 12.3 Å². The van der Waals surface area contributed by atoms with Crippen molar-refractivity contribution in [2.75, 3.05) is 29.5 Å². The van der Waals surface area contributed by atoms with Crippen LogP contribution in [0.25, 0.3) is 0 Å². The predicted octanol–water partition coefficient (Wildman–Crippen LogP) is 2.72. The van der Waals surface area contributed by atoms with Gasteiger partial charge in [-0.25, -0.2) is 8.42 Å². The minimum Gasteiger partial charge on any atom is -0.497 e. The van der Waals surface area contributed by atoms with Crippen LogP contribution in [-0.4, -0.2) is 34.2 Å². The van der Waals surface area contributed by atoms with Crippen molar-refractivity contribution in [2.45, 2.75) is 13.8 Å². The van der Waals surface area contributed by atoms with Gasteiger partial charge in [-0.05, 0) is 37.1 Å². The molecule has 6 nitrogen and oxygen atoms in total. The van der Waals surface area contributed by atoms with E-state index >= 15 is 0 Å². The van der Waals surface area contributed by atoms with Gasteiger partial charge in [0, 0.05) is 11.8 Å². The third kappa shape index (κ3) is 4.73. The van der Waals surface area contributed by atoms with Gasteiger partial charge in [0.2, 0.25) is 15.9 Å². The fraction of sp³-hybridized carbons (Fsp3) is 0.278. The molecule has 0 aliphatic carbocycles. The van der Waals surface area contributed by atoms with Crippen LogP contribution in [-0.2, 0) is 14.8 Å². The fourth-order valence-corrected chi connectivity index (χ4v) is 3.56. The molecule has 134 valence electrons. The number of rotatable bonds is 6. The standard InChI is InChI=1S/C18H22N2O4S/c1-13-7-5-8-14(2)18(13)20(25(4,22)23)12-17(21)19-15-9-6-10-16(11-15)24-3/h5-11H,12H2,1-4H3,(H,19,21). The van der Waals surface area contributed by atoms with Gasteiger partial charge in [-0.3, -0.25) is 9.10 Å². The minimum atomic E-state index is -3.62. The smallest absolute Gasteiger partial charge is 0.245 e. The second-order valence-electron chi connectivity index (χ2n) is 5.79. The maximum Gasteiger partial charge on any atom is 0.245 e. The van der Waals surface area contributed by atoms with Crippen molar-refractivity contribution in [3.05, 3.63) is 53.6 Å². The van der Waals surface area contributed by atoms with E-state index in [1.165, 1.54) is 7.11 Å². The van der Waals surface area contributed by atoms with Gasteiger partial charge in [0.05, 0.1) is 19.1 Å². The van der Waals surface area contributed by atoms with Gasteiger partial charge in [-0.1, -0.05) is 24.3 Å². The summed E-state index contributed by atoms with van der Waals surface area (Å²) in [7, 11) is -2.08. The average molecular weight is 362 g/mol. The molecule has 7 heteroatoms.